The Morgan fingerprint density at radius 1 is 1.03 bits per heavy atom. The van der Waals surface area contributed by atoms with Crippen molar-refractivity contribution in [2.24, 2.45) is 5.10 Å². The third-order valence-electron chi connectivity index (χ3n) is 6.10. The normalized spacial score (nSPS) is 23.6. The zero-order chi connectivity index (χ0) is 26.4. The molecule has 1 fully saturated rings. The van der Waals surface area contributed by atoms with Gasteiger partial charge in [0.25, 0.3) is 5.91 Å². The Bertz CT molecular complexity index is 1220. The lowest BCUT2D eigenvalue weighted by molar-refractivity contribution is -0.205. The Balaban J connectivity index is 1.49. The molecule has 0 aromatic heterocycles. The van der Waals surface area contributed by atoms with Crippen LogP contribution in [0.1, 0.15) is 40.1 Å². The molecule has 0 bridgehead atoms. The molecule has 194 valence electrons. The van der Waals surface area contributed by atoms with E-state index in [9.17, 15) is 20.1 Å². The maximum Gasteiger partial charge on any atom is 0.271 e. The van der Waals surface area contributed by atoms with E-state index in [4.69, 9.17) is 21.1 Å². The summed E-state index contributed by atoms with van der Waals surface area (Å²) in [5.41, 5.74) is 5.19. The summed E-state index contributed by atoms with van der Waals surface area (Å²) in [6, 6.07) is 21.4. The molecule has 1 aliphatic heterocycles. The highest BCUT2D eigenvalue weighted by atomic mass is 35.5. The monoisotopic (exact) mass is 524 g/mol. The molecule has 3 aromatic carbocycles. The van der Waals surface area contributed by atoms with Gasteiger partial charge in [-0.2, -0.15) is 5.10 Å². The second-order valence-electron chi connectivity index (χ2n) is 8.68. The minimum absolute atomic E-state index is 0.416. The number of halogens is 1. The van der Waals surface area contributed by atoms with E-state index < -0.39 is 36.4 Å². The zero-order valence-electron chi connectivity index (χ0n) is 20.2. The van der Waals surface area contributed by atoms with Gasteiger partial charge in [-0.15, -0.1) is 0 Å². The van der Waals surface area contributed by atoms with Gasteiger partial charge in [0.2, 0.25) is 0 Å². The van der Waals surface area contributed by atoms with Crippen molar-refractivity contribution in [2.75, 3.05) is 6.61 Å². The number of nitrogens with zero attached hydrogens (tertiary/aromatic N) is 1. The van der Waals surface area contributed by atoms with Crippen molar-refractivity contribution in [3.05, 3.63) is 100 Å². The lowest BCUT2D eigenvalue weighted by Gasteiger charge is -2.39. The number of carbonyl (C=O) groups is 1. The number of hydrogen-bond acceptors (Lipinski definition) is 7. The fourth-order valence-electron chi connectivity index (χ4n) is 4.13. The molecule has 0 radical (unpaired) electrons. The van der Waals surface area contributed by atoms with E-state index in [0.717, 1.165) is 16.9 Å². The van der Waals surface area contributed by atoms with Gasteiger partial charge in [0.15, 0.2) is 0 Å². The zero-order valence-corrected chi connectivity index (χ0v) is 21.0. The van der Waals surface area contributed by atoms with Gasteiger partial charge in [-0.1, -0.05) is 54.1 Å². The van der Waals surface area contributed by atoms with E-state index >= 15 is 0 Å². The fourth-order valence-corrected chi connectivity index (χ4v) is 4.31. The first-order valence-electron chi connectivity index (χ1n) is 12.0. The van der Waals surface area contributed by atoms with Crippen molar-refractivity contribution in [1.82, 2.24) is 5.43 Å². The lowest BCUT2D eigenvalue weighted by atomic mass is 9.90. The second kappa shape index (κ2) is 12.3. The van der Waals surface area contributed by atoms with Crippen LogP contribution >= 0.6 is 11.6 Å². The van der Waals surface area contributed by atoms with Gasteiger partial charge in [-0.05, 0) is 60.4 Å². The van der Waals surface area contributed by atoms with Crippen molar-refractivity contribution in [2.45, 2.75) is 43.9 Å². The van der Waals surface area contributed by atoms with Crippen LogP contribution in [-0.2, 0) is 11.2 Å². The second-order valence-corrected chi connectivity index (χ2v) is 9.09. The Hall–Kier alpha value is -3.27. The van der Waals surface area contributed by atoms with Crippen LogP contribution < -0.4 is 10.2 Å². The predicted molar refractivity (Wildman–Crippen MR) is 140 cm³/mol. The van der Waals surface area contributed by atoms with E-state index in [0.29, 0.717) is 29.2 Å². The highest BCUT2D eigenvalue weighted by molar-refractivity contribution is 6.31. The first kappa shape index (κ1) is 26.8. The smallest absolute Gasteiger partial charge is 0.271 e. The largest absolute Gasteiger partial charge is 0.494 e. The van der Waals surface area contributed by atoms with Crippen LogP contribution in [0.15, 0.2) is 77.9 Å². The molecule has 3 aromatic rings. The molecule has 0 saturated carbocycles. The highest BCUT2D eigenvalue weighted by Crippen LogP contribution is 2.34. The average molecular weight is 525 g/mol. The number of rotatable bonds is 8. The van der Waals surface area contributed by atoms with Crippen molar-refractivity contribution >= 4 is 23.7 Å². The maximum absolute atomic E-state index is 12.2. The Morgan fingerprint density at radius 3 is 2.46 bits per heavy atom. The standard InChI is InChI=1S/C28H29ClN2O6/c1-2-36-21-11-8-17(9-12-21)14-20-15-19(10-13-22(20)29)27-26(34)25(33)24(32)23(37-27)16-30-31-28(35)18-6-4-3-5-7-18/h3-13,15-16,23-27,32-34H,2,14H2,1H3,(H,31,35)/b30-16+/t23-,24-,25+,26-,27+/m1/s1. The topological polar surface area (TPSA) is 121 Å². The number of nitrogens with one attached hydrogen (secondary N) is 1. The first-order chi connectivity index (χ1) is 17.9. The summed E-state index contributed by atoms with van der Waals surface area (Å²) < 4.78 is 11.4. The van der Waals surface area contributed by atoms with Gasteiger partial charge in [0, 0.05) is 10.6 Å². The number of ether oxygens (including phenoxy) is 2. The summed E-state index contributed by atoms with van der Waals surface area (Å²) in [4.78, 5) is 12.2. The molecule has 1 saturated heterocycles. The number of hydrogen-bond donors (Lipinski definition) is 4. The van der Waals surface area contributed by atoms with Gasteiger partial charge >= 0.3 is 0 Å². The number of amides is 1. The van der Waals surface area contributed by atoms with E-state index in [-0.39, 0.29) is 0 Å². The Morgan fingerprint density at radius 2 is 1.76 bits per heavy atom. The maximum atomic E-state index is 12.2. The summed E-state index contributed by atoms with van der Waals surface area (Å²) in [5, 5.41) is 36.0. The molecule has 5 atom stereocenters. The fraction of sp³-hybridized carbons (Fsp3) is 0.286. The first-order valence-corrected chi connectivity index (χ1v) is 12.3. The predicted octanol–water partition coefficient (Wildman–Crippen LogP) is 3.27. The van der Waals surface area contributed by atoms with Crippen LogP contribution in [-0.4, -0.2) is 58.5 Å². The van der Waals surface area contributed by atoms with Crippen LogP contribution in [0.2, 0.25) is 5.02 Å². The van der Waals surface area contributed by atoms with Crippen LogP contribution in [0, 0.1) is 0 Å². The molecule has 8 nitrogen and oxygen atoms in total. The van der Waals surface area contributed by atoms with Crippen LogP contribution in [0.5, 0.6) is 5.75 Å². The molecular formula is C28H29ClN2O6. The van der Waals surface area contributed by atoms with Crippen LogP contribution in [0.3, 0.4) is 0 Å². The third kappa shape index (κ3) is 6.54. The minimum Gasteiger partial charge on any atom is -0.494 e. The van der Waals surface area contributed by atoms with Gasteiger partial charge in [0.1, 0.15) is 36.3 Å². The van der Waals surface area contributed by atoms with E-state index in [2.05, 4.69) is 10.5 Å². The molecule has 9 heteroatoms. The molecule has 4 rings (SSSR count). The summed E-state index contributed by atoms with van der Waals surface area (Å²) in [7, 11) is 0. The summed E-state index contributed by atoms with van der Waals surface area (Å²) in [6.07, 6.45) is -4.64. The van der Waals surface area contributed by atoms with E-state index in [1.54, 1.807) is 42.5 Å². The number of aliphatic hydroxyl groups excluding tert-OH is 3. The molecule has 1 aliphatic rings. The van der Waals surface area contributed by atoms with E-state index in [1.165, 1.54) is 6.21 Å². The molecule has 4 N–H and O–H groups in total. The minimum atomic E-state index is -1.50. The molecule has 0 unspecified atom stereocenters. The van der Waals surface area contributed by atoms with Crippen molar-refractivity contribution < 1.29 is 29.6 Å². The summed E-state index contributed by atoms with van der Waals surface area (Å²) in [6.45, 7) is 2.51. The van der Waals surface area contributed by atoms with Crippen LogP contribution in [0.4, 0.5) is 0 Å². The van der Waals surface area contributed by atoms with Gasteiger partial charge < -0.3 is 24.8 Å². The third-order valence-corrected chi connectivity index (χ3v) is 6.47. The molecule has 0 spiro atoms. The van der Waals surface area contributed by atoms with Gasteiger partial charge in [-0.25, -0.2) is 5.43 Å². The number of benzene rings is 3. The Labute approximate surface area is 220 Å². The van der Waals surface area contributed by atoms with Crippen molar-refractivity contribution in [3.63, 3.8) is 0 Å². The van der Waals surface area contributed by atoms with Crippen molar-refractivity contribution in [1.29, 1.82) is 0 Å². The average Bonchev–Trinajstić information content (AvgIpc) is 2.91. The number of hydrazone groups is 1. The number of aliphatic hydroxyl groups is 3. The molecule has 0 aliphatic carbocycles. The lowest BCUT2D eigenvalue weighted by Crippen LogP contribution is -2.54. The molecule has 1 heterocycles. The Kier molecular flexibility index (Phi) is 8.91. The van der Waals surface area contributed by atoms with Gasteiger partial charge in [0.05, 0.1) is 12.8 Å². The van der Waals surface area contributed by atoms with Crippen molar-refractivity contribution in [3.8, 4) is 5.75 Å². The van der Waals surface area contributed by atoms with E-state index in [1.807, 2.05) is 37.3 Å². The van der Waals surface area contributed by atoms with Crippen LogP contribution in [0.25, 0.3) is 0 Å². The van der Waals surface area contributed by atoms with Gasteiger partial charge in [-0.3, -0.25) is 4.79 Å². The summed E-state index contributed by atoms with van der Waals surface area (Å²) >= 11 is 6.45. The highest BCUT2D eigenvalue weighted by Gasteiger charge is 2.43. The number of carbonyl (C=O) groups excluding carboxylic acids is 1. The molecule has 1 amide bonds. The molecular weight excluding hydrogens is 496 g/mol. The quantitative estimate of drug-likeness (QED) is 0.265. The summed E-state index contributed by atoms with van der Waals surface area (Å²) in [5.74, 6) is 0.348. The molecule has 37 heavy (non-hydrogen) atoms. The SMILES string of the molecule is CCOc1ccc(Cc2cc([C@@H]3O[C@H](/C=N/NC(=O)c4ccccc4)[C@@H](O)[C@H](O)[C@H]3O)ccc2Cl)cc1.